The summed E-state index contributed by atoms with van der Waals surface area (Å²) in [5.74, 6) is 0.766. The molecule has 0 fully saturated rings. The van der Waals surface area contributed by atoms with E-state index >= 15 is 0 Å². The number of nitrogens with zero attached hydrogens (tertiary/aromatic N) is 2. The first kappa shape index (κ1) is 18.6. The summed E-state index contributed by atoms with van der Waals surface area (Å²) in [4.78, 5) is 19.8. The van der Waals surface area contributed by atoms with E-state index in [0.29, 0.717) is 33.3 Å². The Bertz CT molecular complexity index is 731. The Morgan fingerprint density at radius 3 is 2.75 bits per heavy atom. The van der Waals surface area contributed by atoms with Crippen molar-refractivity contribution in [2.45, 2.75) is 12.1 Å². The highest BCUT2D eigenvalue weighted by Gasteiger charge is 2.13. The second kappa shape index (κ2) is 8.96. The number of carbonyl (C=O) groups excluding carboxylic acids is 1. The predicted octanol–water partition coefficient (Wildman–Crippen LogP) is 4.24. The van der Waals surface area contributed by atoms with Crippen molar-refractivity contribution < 1.29 is 19.0 Å². The molecular weight excluding hydrogens is 375 g/mol. The van der Waals surface area contributed by atoms with Crippen LogP contribution in [0.1, 0.15) is 6.92 Å². The number of esters is 1. The van der Waals surface area contributed by atoms with E-state index in [2.05, 4.69) is 9.97 Å². The average molecular weight is 389 g/mol. The summed E-state index contributed by atoms with van der Waals surface area (Å²) in [5, 5.41) is 1.14. The highest BCUT2D eigenvalue weighted by Crippen LogP contribution is 2.33. The Hall–Kier alpha value is -1.70. The second-order valence-corrected chi connectivity index (χ2v) is 6.05. The number of halogens is 2. The fraction of sp³-hybridized carbons (Fsp3) is 0.267. The minimum atomic E-state index is -0.339. The summed E-state index contributed by atoms with van der Waals surface area (Å²) in [7, 11) is 1.48. The van der Waals surface area contributed by atoms with E-state index in [1.54, 1.807) is 25.1 Å². The normalized spacial score (nSPS) is 10.3. The van der Waals surface area contributed by atoms with E-state index in [1.165, 1.54) is 13.3 Å². The van der Waals surface area contributed by atoms with Crippen molar-refractivity contribution in [3.05, 3.63) is 34.4 Å². The van der Waals surface area contributed by atoms with Gasteiger partial charge in [-0.1, -0.05) is 35.0 Å². The van der Waals surface area contributed by atoms with Crippen molar-refractivity contribution in [2.75, 3.05) is 19.5 Å². The maximum Gasteiger partial charge on any atom is 0.316 e. The van der Waals surface area contributed by atoms with Crippen LogP contribution >= 0.6 is 35.0 Å². The van der Waals surface area contributed by atoms with E-state index in [4.69, 9.17) is 37.4 Å². The molecule has 2 rings (SSSR count). The molecule has 0 radical (unpaired) electrons. The van der Waals surface area contributed by atoms with Crippen molar-refractivity contribution in [3.63, 3.8) is 0 Å². The third-order valence-electron chi connectivity index (χ3n) is 2.65. The van der Waals surface area contributed by atoms with Gasteiger partial charge in [-0.25, -0.2) is 4.98 Å². The van der Waals surface area contributed by atoms with Gasteiger partial charge in [-0.3, -0.25) is 4.79 Å². The monoisotopic (exact) mass is 388 g/mol. The van der Waals surface area contributed by atoms with Gasteiger partial charge in [-0.2, -0.15) is 4.98 Å². The molecule has 0 aliphatic carbocycles. The quantitative estimate of drug-likeness (QED) is 0.399. The number of aromatic nitrogens is 2. The number of benzene rings is 1. The summed E-state index contributed by atoms with van der Waals surface area (Å²) in [5.41, 5.74) is 0. The molecule has 1 heterocycles. The van der Waals surface area contributed by atoms with Gasteiger partial charge in [0.15, 0.2) is 10.9 Å². The van der Waals surface area contributed by atoms with Crippen molar-refractivity contribution in [3.8, 4) is 17.4 Å². The SMILES string of the molecule is CCOC(=O)CSc1ncc(OC)c(Oc2ccc(Cl)c(Cl)c2)n1. The molecule has 1 aromatic heterocycles. The number of ether oxygens (including phenoxy) is 3. The molecule has 1 aromatic carbocycles. The topological polar surface area (TPSA) is 70.5 Å². The Morgan fingerprint density at radius 2 is 2.08 bits per heavy atom. The van der Waals surface area contributed by atoms with Crippen LogP contribution in [0.15, 0.2) is 29.6 Å². The number of hydrogen-bond donors (Lipinski definition) is 0. The molecule has 2 aromatic rings. The fourth-order valence-electron chi connectivity index (χ4n) is 1.60. The molecule has 128 valence electrons. The van der Waals surface area contributed by atoms with Gasteiger partial charge in [0.25, 0.3) is 5.88 Å². The first-order chi connectivity index (χ1) is 11.5. The number of methoxy groups -OCH3 is 1. The van der Waals surface area contributed by atoms with E-state index in [1.807, 2.05) is 0 Å². The molecule has 0 atom stereocenters. The van der Waals surface area contributed by atoms with Crippen LogP contribution in [0, 0.1) is 0 Å². The van der Waals surface area contributed by atoms with E-state index in [9.17, 15) is 4.79 Å². The van der Waals surface area contributed by atoms with E-state index in [0.717, 1.165) is 11.8 Å². The van der Waals surface area contributed by atoms with Gasteiger partial charge in [0.05, 0.1) is 35.7 Å². The van der Waals surface area contributed by atoms with Crippen LogP contribution in [-0.4, -0.2) is 35.4 Å². The molecule has 0 amide bonds. The van der Waals surface area contributed by atoms with Crippen LogP contribution in [0.2, 0.25) is 10.0 Å². The van der Waals surface area contributed by atoms with Gasteiger partial charge in [0.2, 0.25) is 0 Å². The molecule has 0 bridgehead atoms. The summed E-state index contributed by atoms with van der Waals surface area (Å²) in [6, 6.07) is 4.83. The van der Waals surface area contributed by atoms with Crippen LogP contribution in [0.4, 0.5) is 0 Å². The average Bonchev–Trinajstić information content (AvgIpc) is 2.57. The first-order valence-electron chi connectivity index (χ1n) is 6.85. The molecule has 0 aliphatic rings. The summed E-state index contributed by atoms with van der Waals surface area (Å²) >= 11 is 13.0. The highest BCUT2D eigenvalue weighted by molar-refractivity contribution is 7.99. The minimum Gasteiger partial charge on any atom is -0.490 e. The maximum atomic E-state index is 11.4. The van der Waals surface area contributed by atoms with Crippen LogP contribution in [-0.2, 0) is 9.53 Å². The zero-order chi connectivity index (χ0) is 17.5. The number of hydrogen-bond acceptors (Lipinski definition) is 7. The molecule has 9 heteroatoms. The summed E-state index contributed by atoms with van der Waals surface area (Å²) in [6.07, 6.45) is 1.47. The summed E-state index contributed by atoms with van der Waals surface area (Å²) < 4.78 is 15.7. The minimum absolute atomic E-state index is 0.104. The van der Waals surface area contributed by atoms with Crippen molar-refractivity contribution in [2.24, 2.45) is 0 Å². The Kier molecular flexibility index (Phi) is 6.96. The number of carbonyl (C=O) groups is 1. The third kappa shape index (κ3) is 5.15. The van der Waals surface area contributed by atoms with Gasteiger partial charge >= 0.3 is 5.97 Å². The zero-order valence-corrected chi connectivity index (χ0v) is 15.2. The largest absolute Gasteiger partial charge is 0.490 e. The van der Waals surface area contributed by atoms with Crippen LogP contribution in [0.5, 0.6) is 17.4 Å². The van der Waals surface area contributed by atoms with Crippen molar-refractivity contribution in [1.82, 2.24) is 9.97 Å². The Balaban J connectivity index is 2.16. The molecule has 0 saturated heterocycles. The lowest BCUT2D eigenvalue weighted by Crippen LogP contribution is -2.07. The smallest absolute Gasteiger partial charge is 0.316 e. The molecule has 0 aliphatic heterocycles. The summed E-state index contributed by atoms with van der Waals surface area (Å²) in [6.45, 7) is 2.07. The van der Waals surface area contributed by atoms with Gasteiger partial charge in [-0.15, -0.1) is 0 Å². The molecule has 0 unspecified atom stereocenters. The molecule has 0 spiro atoms. The Morgan fingerprint density at radius 1 is 1.29 bits per heavy atom. The molecule has 6 nitrogen and oxygen atoms in total. The predicted molar refractivity (Wildman–Crippen MR) is 92.5 cm³/mol. The molecule has 24 heavy (non-hydrogen) atoms. The lowest BCUT2D eigenvalue weighted by molar-refractivity contribution is -0.139. The highest BCUT2D eigenvalue weighted by atomic mass is 35.5. The maximum absolute atomic E-state index is 11.4. The fourth-order valence-corrected chi connectivity index (χ4v) is 2.49. The van der Waals surface area contributed by atoms with Gasteiger partial charge in [0, 0.05) is 6.07 Å². The first-order valence-corrected chi connectivity index (χ1v) is 8.60. The number of rotatable bonds is 7. The van der Waals surface area contributed by atoms with Crippen molar-refractivity contribution >= 4 is 40.9 Å². The lowest BCUT2D eigenvalue weighted by atomic mass is 10.3. The van der Waals surface area contributed by atoms with Gasteiger partial charge in [0.1, 0.15) is 5.75 Å². The molecule has 0 N–H and O–H groups in total. The standard InChI is InChI=1S/C15H14Cl2N2O4S/c1-3-22-13(20)8-24-15-18-7-12(21-2)14(19-15)23-9-4-5-10(16)11(17)6-9/h4-7H,3,8H2,1-2H3. The molecule has 0 saturated carbocycles. The van der Waals surface area contributed by atoms with Crippen LogP contribution in [0.3, 0.4) is 0 Å². The zero-order valence-electron chi connectivity index (χ0n) is 12.9. The van der Waals surface area contributed by atoms with E-state index in [-0.39, 0.29) is 17.6 Å². The number of thioether (sulfide) groups is 1. The van der Waals surface area contributed by atoms with Crippen molar-refractivity contribution in [1.29, 1.82) is 0 Å². The van der Waals surface area contributed by atoms with Gasteiger partial charge < -0.3 is 14.2 Å². The molecular formula is C15H14Cl2N2O4S. The third-order valence-corrected chi connectivity index (χ3v) is 4.22. The van der Waals surface area contributed by atoms with E-state index < -0.39 is 0 Å². The lowest BCUT2D eigenvalue weighted by Gasteiger charge is -2.10. The van der Waals surface area contributed by atoms with Gasteiger partial charge in [-0.05, 0) is 19.1 Å². The second-order valence-electron chi connectivity index (χ2n) is 4.30. The Labute approximate surface area is 153 Å². The van der Waals surface area contributed by atoms with Crippen LogP contribution in [0.25, 0.3) is 0 Å². The van der Waals surface area contributed by atoms with Crippen LogP contribution < -0.4 is 9.47 Å².